The van der Waals surface area contributed by atoms with Crippen LogP contribution in [0, 0.1) is 0 Å². The van der Waals surface area contributed by atoms with Crippen LogP contribution in [0.4, 0.5) is 0 Å². The maximum atomic E-state index is 10.5. The van der Waals surface area contributed by atoms with Gasteiger partial charge in [0.15, 0.2) is 5.96 Å². The average molecular weight is 407 g/mol. The highest BCUT2D eigenvalue weighted by molar-refractivity contribution is 5.83. The molecule has 3 rings (SSSR count). The van der Waals surface area contributed by atoms with E-state index < -0.39 is 6.10 Å². The fourth-order valence-corrected chi connectivity index (χ4v) is 3.15. The van der Waals surface area contributed by atoms with Crippen LogP contribution in [0.2, 0.25) is 0 Å². The largest absolute Gasteiger partial charge is 0.491 e. The summed E-state index contributed by atoms with van der Waals surface area (Å²) in [5, 5.41) is 18.1. The molecule has 1 atom stereocenters. The van der Waals surface area contributed by atoms with E-state index in [0.717, 1.165) is 34.3 Å². The molecule has 0 fully saturated rings. The lowest BCUT2D eigenvalue weighted by atomic mass is 10.1. The average Bonchev–Trinajstić information content (AvgIpc) is 2.75. The number of pyridine rings is 1. The Hall–Kier alpha value is -3.12. The molecule has 0 aliphatic rings. The van der Waals surface area contributed by atoms with Crippen LogP contribution in [0.5, 0.6) is 5.75 Å². The zero-order valence-electron chi connectivity index (χ0n) is 17.8. The molecule has 1 unspecified atom stereocenters. The summed E-state index contributed by atoms with van der Waals surface area (Å²) in [5.74, 6) is 1.46. The van der Waals surface area contributed by atoms with Crippen molar-refractivity contribution in [2.45, 2.75) is 39.5 Å². The maximum Gasteiger partial charge on any atom is 0.191 e. The number of aliphatic hydroxyl groups excluding tert-OH is 1. The van der Waals surface area contributed by atoms with Crippen LogP contribution in [0.3, 0.4) is 0 Å². The summed E-state index contributed by atoms with van der Waals surface area (Å²) in [4.78, 5) is 9.15. The highest BCUT2D eigenvalue weighted by Gasteiger charge is 2.10. The first-order chi connectivity index (χ1) is 14.6. The van der Waals surface area contributed by atoms with Crippen molar-refractivity contribution in [3.8, 4) is 5.75 Å². The number of nitrogens with zero attached hydrogens (tertiary/aromatic N) is 2. The Labute approximate surface area is 178 Å². The standard InChI is InChI=1S/C24H30N4O2/c1-4-25-24(27-15-20-8-5-7-19-9-6-14-26-23(19)20)28-16-22(29)18-10-12-21(13-11-18)30-17(2)3/h5-14,17,22,29H,4,15-16H2,1-3H3,(H2,25,27,28). The van der Waals surface area contributed by atoms with Gasteiger partial charge < -0.3 is 20.5 Å². The number of aromatic nitrogens is 1. The summed E-state index contributed by atoms with van der Waals surface area (Å²) in [7, 11) is 0. The number of rotatable bonds is 8. The van der Waals surface area contributed by atoms with Gasteiger partial charge in [-0.15, -0.1) is 0 Å². The zero-order valence-corrected chi connectivity index (χ0v) is 17.8. The Morgan fingerprint density at radius 1 is 1.07 bits per heavy atom. The fraction of sp³-hybridized carbons (Fsp3) is 0.333. The highest BCUT2D eigenvalue weighted by atomic mass is 16.5. The van der Waals surface area contributed by atoms with Gasteiger partial charge in [0.25, 0.3) is 0 Å². The lowest BCUT2D eigenvalue weighted by molar-refractivity contribution is 0.180. The number of aliphatic imine (C=N–C) groups is 1. The summed E-state index contributed by atoms with van der Waals surface area (Å²) in [6.45, 7) is 7.58. The van der Waals surface area contributed by atoms with E-state index in [9.17, 15) is 5.11 Å². The summed E-state index contributed by atoms with van der Waals surface area (Å²) in [6, 6.07) is 17.6. The third-order valence-electron chi connectivity index (χ3n) is 4.57. The predicted molar refractivity (Wildman–Crippen MR) is 122 cm³/mol. The van der Waals surface area contributed by atoms with E-state index >= 15 is 0 Å². The molecular formula is C24H30N4O2. The van der Waals surface area contributed by atoms with Gasteiger partial charge in [-0.25, -0.2) is 4.99 Å². The number of para-hydroxylation sites is 1. The van der Waals surface area contributed by atoms with Crippen molar-refractivity contribution >= 4 is 16.9 Å². The molecule has 0 amide bonds. The highest BCUT2D eigenvalue weighted by Crippen LogP contribution is 2.19. The van der Waals surface area contributed by atoms with Gasteiger partial charge in [-0.3, -0.25) is 4.98 Å². The molecule has 2 aromatic carbocycles. The molecule has 1 aromatic heterocycles. The first-order valence-corrected chi connectivity index (χ1v) is 10.4. The van der Waals surface area contributed by atoms with E-state index in [0.29, 0.717) is 19.0 Å². The molecule has 0 saturated heterocycles. The Balaban J connectivity index is 1.63. The quantitative estimate of drug-likeness (QED) is 0.392. The van der Waals surface area contributed by atoms with Crippen LogP contribution in [0.25, 0.3) is 10.9 Å². The van der Waals surface area contributed by atoms with E-state index in [1.54, 1.807) is 6.20 Å². The van der Waals surface area contributed by atoms with Crippen LogP contribution >= 0.6 is 0 Å². The van der Waals surface area contributed by atoms with Crippen LogP contribution in [0.1, 0.15) is 38.0 Å². The second kappa shape index (κ2) is 10.6. The normalized spacial score (nSPS) is 12.8. The van der Waals surface area contributed by atoms with Crippen molar-refractivity contribution in [2.24, 2.45) is 4.99 Å². The number of benzene rings is 2. The second-order valence-electron chi connectivity index (χ2n) is 7.32. The molecule has 3 aromatic rings. The van der Waals surface area contributed by atoms with Crippen molar-refractivity contribution in [3.05, 3.63) is 71.9 Å². The first-order valence-electron chi connectivity index (χ1n) is 10.4. The molecule has 30 heavy (non-hydrogen) atoms. The summed E-state index contributed by atoms with van der Waals surface area (Å²) in [5.41, 5.74) is 2.85. The van der Waals surface area contributed by atoms with E-state index in [-0.39, 0.29) is 6.10 Å². The van der Waals surface area contributed by atoms with Gasteiger partial charge in [-0.1, -0.05) is 36.4 Å². The summed E-state index contributed by atoms with van der Waals surface area (Å²) in [6.07, 6.45) is 1.27. The minimum Gasteiger partial charge on any atom is -0.491 e. The van der Waals surface area contributed by atoms with Crippen molar-refractivity contribution in [3.63, 3.8) is 0 Å². The summed E-state index contributed by atoms with van der Waals surface area (Å²) >= 11 is 0. The van der Waals surface area contributed by atoms with E-state index in [4.69, 9.17) is 4.74 Å². The van der Waals surface area contributed by atoms with Gasteiger partial charge in [-0.2, -0.15) is 0 Å². The van der Waals surface area contributed by atoms with Crippen LogP contribution in [-0.4, -0.2) is 35.2 Å². The number of nitrogens with one attached hydrogen (secondary N) is 2. The van der Waals surface area contributed by atoms with Crippen molar-refractivity contribution < 1.29 is 9.84 Å². The predicted octanol–water partition coefficient (Wildman–Crippen LogP) is 3.81. The minimum atomic E-state index is -0.652. The maximum absolute atomic E-state index is 10.5. The number of aliphatic hydroxyl groups is 1. The molecule has 0 spiro atoms. The Bertz CT molecular complexity index is 965. The molecule has 0 aliphatic carbocycles. The molecule has 0 aliphatic heterocycles. The minimum absolute atomic E-state index is 0.123. The molecule has 0 radical (unpaired) electrons. The molecule has 0 saturated carbocycles. The van der Waals surface area contributed by atoms with E-state index in [1.165, 1.54) is 0 Å². The molecule has 1 heterocycles. The second-order valence-corrected chi connectivity index (χ2v) is 7.32. The van der Waals surface area contributed by atoms with E-state index in [1.807, 2.05) is 75.4 Å². The van der Waals surface area contributed by atoms with Gasteiger partial charge in [0, 0.05) is 24.7 Å². The first kappa shape index (κ1) is 21.6. The third-order valence-corrected chi connectivity index (χ3v) is 4.57. The van der Waals surface area contributed by atoms with Crippen LogP contribution < -0.4 is 15.4 Å². The number of hydrogen-bond donors (Lipinski definition) is 3. The summed E-state index contributed by atoms with van der Waals surface area (Å²) < 4.78 is 5.65. The molecule has 3 N–H and O–H groups in total. The Morgan fingerprint density at radius 2 is 1.83 bits per heavy atom. The zero-order chi connectivity index (χ0) is 21.3. The van der Waals surface area contributed by atoms with Crippen molar-refractivity contribution in [2.75, 3.05) is 13.1 Å². The van der Waals surface area contributed by atoms with E-state index in [2.05, 4.69) is 20.6 Å². The number of guanidine groups is 1. The number of ether oxygens (including phenoxy) is 1. The molecule has 6 heteroatoms. The molecule has 158 valence electrons. The van der Waals surface area contributed by atoms with Crippen molar-refractivity contribution in [1.29, 1.82) is 0 Å². The number of hydrogen-bond acceptors (Lipinski definition) is 4. The monoisotopic (exact) mass is 406 g/mol. The lowest BCUT2D eigenvalue weighted by Crippen LogP contribution is -2.39. The van der Waals surface area contributed by atoms with Gasteiger partial charge in [0.05, 0.1) is 24.3 Å². The molecule has 6 nitrogen and oxygen atoms in total. The third kappa shape index (κ3) is 5.94. The van der Waals surface area contributed by atoms with Gasteiger partial charge in [-0.05, 0) is 50.1 Å². The fourth-order valence-electron chi connectivity index (χ4n) is 3.15. The lowest BCUT2D eigenvalue weighted by Gasteiger charge is -2.16. The topological polar surface area (TPSA) is 78.8 Å². The van der Waals surface area contributed by atoms with Crippen LogP contribution in [-0.2, 0) is 6.54 Å². The van der Waals surface area contributed by atoms with Gasteiger partial charge >= 0.3 is 0 Å². The Kier molecular flexibility index (Phi) is 7.63. The van der Waals surface area contributed by atoms with Crippen LogP contribution in [0.15, 0.2) is 65.8 Å². The van der Waals surface area contributed by atoms with Gasteiger partial charge in [0.2, 0.25) is 0 Å². The van der Waals surface area contributed by atoms with Crippen molar-refractivity contribution in [1.82, 2.24) is 15.6 Å². The Morgan fingerprint density at radius 3 is 2.57 bits per heavy atom. The smallest absolute Gasteiger partial charge is 0.191 e. The SMILES string of the molecule is CCNC(=NCc1cccc2cccnc12)NCC(O)c1ccc(OC(C)C)cc1. The molecular weight excluding hydrogens is 376 g/mol. The number of fused-ring (bicyclic) bond motifs is 1. The molecule has 0 bridgehead atoms. The van der Waals surface area contributed by atoms with Gasteiger partial charge in [0.1, 0.15) is 5.75 Å².